The number of fused-ring (bicyclic) bond motifs is 8. The van der Waals surface area contributed by atoms with Gasteiger partial charge in [-0.05, 0) is 131 Å². The van der Waals surface area contributed by atoms with Crippen LogP contribution in [0.2, 0.25) is 0 Å². The quantitative estimate of drug-likeness (QED) is 0.0577. The molecule has 0 aliphatic heterocycles. The van der Waals surface area contributed by atoms with Gasteiger partial charge in [0.2, 0.25) is 11.0 Å². The van der Waals surface area contributed by atoms with E-state index in [1.54, 1.807) is 7.11 Å². The third kappa shape index (κ3) is 9.64. The van der Waals surface area contributed by atoms with E-state index in [0.29, 0.717) is 0 Å². The summed E-state index contributed by atoms with van der Waals surface area (Å²) in [5, 5.41) is 10.2. The Labute approximate surface area is 385 Å². The maximum Gasteiger partial charge on any atom is 0.318 e. The fourth-order valence-electron chi connectivity index (χ4n) is 8.52. The Morgan fingerprint density at radius 3 is 1.65 bits per heavy atom. The fraction of sp³-hybridized carbons (Fsp3) is 0.145. The van der Waals surface area contributed by atoms with Crippen LogP contribution >= 0.6 is 0 Å². The maximum atomic E-state index is 9.66. The number of aromatic nitrogens is 2. The third-order valence-corrected chi connectivity index (χ3v) is 12.5. The van der Waals surface area contributed by atoms with Crippen LogP contribution in [0.15, 0.2) is 152 Å². The van der Waals surface area contributed by atoms with Crippen LogP contribution in [0.5, 0.6) is 5.75 Å². The van der Waals surface area contributed by atoms with E-state index in [4.69, 9.17) is 4.74 Å². The van der Waals surface area contributed by atoms with Crippen molar-refractivity contribution >= 4 is 70.5 Å². The Morgan fingerprint density at radius 2 is 1.05 bits per heavy atom. The average Bonchev–Trinajstić information content (AvgIpc) is 3.26. The molecule has 0 unspecified atom stereocenters. The van der Waals surface area contributed by atoms with Crippen molar-refractivity contribution in [2.45, 2.75) is 48.5 Å². The zero-order chi connectivity index (χ0) is 45.4. The minimum atomic E-state index is -4.82. The topological polar surface area (TPSA) is 101 Å². The standard InChI is InChI=1S/C27H24NO.C26H22N.C2H4O5S.ClH/c1-17-12-22-14-26-24-16-25(20-8-6-5-7-9-20)27(29-4)15-21(24)10-11-28(26)19(3)23(22)13-18(17)2;1-17-11-22-14-26-25-15-24(20-7-5-4-6-8-20)19(3)13-21(25)9-10-27(26)16-23(22)12-18(17)2;1-2(3)7-8(4,5)6;/h5-16H,1-4H3;4-16H,1-3H3;1H3,(H,4,5,6);1H/q2*+1;;/p-2. The Kier molecular flexibility index (Phi) is 13.2. The number of ether oxygens (including phenoxy) is 1. The predicted octanol–water partition coefficient (Wildman–Crippen LogP) is 8.67. The van der Waals surface area contributed by atoms with Gasteiger partial charge >= 0.3 is 5.97 Å². The summed E-state index contributed by atoms with van der Waals surface area (Å²) in [4.78, 5) is 9.66. The molecule has 0 spiro atoms. The molecule has 10 rings (SSSR count). The van der Waals surface area contributed by atoms with Crippen LogP contribution in [-0.2, 0) is 19.4 Å². The summed E-state index contributed by atoms with van der Waals surface area (Å²) in [5.41, 5.74) is 15.2. The number of aryl methyl sites for hydroxylation is 6. The highest BCUT2D eigenvalue weighted by Gasteiger charge is 2.19. The van der Waals surface area contributed by atoms with Crippen molar-refractivity contribution < 1.29 is 47.9 Å². The number of carbonyl (C=O) groups is 1. The van der Waals surface area contributed by atoms with Gasteiger partial charge in [-0.15, -0.1) is 0 Å². The molecule has 10 heteroatoms. The average molecular weight is 902 g/mol. The number of rotatable bonds is 4. The van der Waals surface area contributed by atoms with E-state index in [-0.39, 0.29) is 12.4 Å². The number of benzene rings is 6. The van der Waals surface area contributed by atoms with Gasteiger partial charge in [-0.2, -0.15) is 8.80 Å². The van der Waals surface area contributed by atoms with E-state index in [1.165, 1.54) is 98.8 Å². The van der Waals surface area contributed by atoms with Crippen LogP contribution in [0.3, 0.4) is 0 Å². The first-order valence-electron chi connectivity index (χ1n) is 21.0. The molecule has 0 aliphatic carbocycles. The van der Waals surface area contributed by atoms with Crippen LogP contribution in [0.4, 0.5) is 0 Å². The monoisotopic (exact) mass is 900 g/mol. The summed E-state index contributed by atoms with van der Waals surface area (Å²) >= 11 is 0. The predicted molar refractivity (Wildman–Crippen MR) is 257 cm³/mol. The SMILES string of the molecule is CC(=O)OS(=O)(=O)[O-].COc1cc2cc[n+]3c(C)c4cc(C)c(C)cc4cc3c2cc1-c1ccccc1.Cc1cc2cc3c4cc(-c5ccccc5)c(C)cc4cc[n+]3cc2cc1C.[Cl-]. The van der Waals surface area contributed by atoms with Crippen molar-refractivity contribution in [2.24, 2.45) is 0 Å². The fourth-order valence-corrected chi connectivity index (χ4v) is 8.81. The molecule has 4 aromatic heterocycles. The molecule has 8 nitrogen and oxygen atoms in total. The maximum absolute atomic E-state index is 9.66. The lowest BCUT2D eigenvalue weighted by molar-refractivity contribution is -0.516. The lowest BCUT2D eigenvalue weighted by Gasteiger charge is -2.12. The minimum Gasteiger partial charge on any atom is -1.00 e. The van der Waals surface area contributed by atoms with Crippen LogP contribution in [0, 0.1) is 41.5 Å². The molecule has 0 radical (unpaired) electrons. The summed E-state index contributed by atoms with van der Waals surface area (Å²) in [6.07, 6.45) is 6.59. The summed E-state index contributed by atoms with van der Waals surface area (Å²) < 4.78 is 41.8. The number of nitrogens with zero attached hydrogens (tertiary/aromatic N) is 2. The molecular formula is C55H49ClN2O6S. The van der Waals surface area contributed by atoms with Crippen molar-refractivity contribution in [2.75, 3.05) is 7.11 Å². The first-order valence-corrected chi connectivity index (χ1v) is 22.3. The largest absolute Gasteiger partial charge is 1.00 e. The van der Waals surface area contributed by atoms with E-state index in [1.807, 2.05) is 6.07 Å². The van der Waals surface area contributed by atoms with Crippen LogP contribution in [-0.4, -0.2) is 26.0 Å². The molecular weight excluding hydrogens is 852 g/mol. The van der Waals surface area contributed by atoms with Crippen molar-refractivity contribution in [1.29, 1.82) is 0 Å². The minimum absolute atomic E-state index is 0. The Balaban J connectivity index is 0.000000165. The number of halogens is 1. The highest BCUT2D eigenvalue weighted by Crippen LogP contribution is 2.36. The van der Waals surface area contributed by atoms with Gasteiger partial charge in [-0.25, -0.2) is 8.42 Å². The van der Waals surface area contributed by atoms with Crippen LogP contribution < -0.4 is 25.9 Å². The molecule has 0 saturated carbocycles. The van der Waals surface area contributed by atoms with Gasteiger partial charge in [-0.3, -0.25) is 4.79 Å². The highest BCUT2D eigenvalue weighted by molar-refractivity contribution is 7.81. The van der Waals surface area contributed by atoms with Gasteiger partial charge in [0.15, 0.2) is 24.3 Å². The summed E-state index contributed by atoms with van der Waals surface area (Å²) in [6.45, 7) is 14.0. The van der Waals surface area contributed by atoms with Gasteiger partial charge in [0, 0.05) is 54.4 Å². The van der Waals surface area contributed by atoms with E-state index >= 15 is 0 Å². The molecule has 0 N–H and O–H groups in total. The molecule has 4 heterocycles. The first-order chi connectivity index (χ1) is 30.6. The van der Waals surface area contributed by atoms with Gasteiger partial charge in [0.25, 0.3) is 10.4 Å². The van der Waals surface area contributed by atoms with Gasteiger partial charge in [0.05, 0.1) is 17.9 Å². The zero-order valence-corrected chi connectivity index (χ0v) is 39.1. The highest BCUT2D eigenvalue weighted by atomic mass is 35.5. The normalized spacial score (nSPS) is 11.2. The van der Waals surface area contributed by atoms with Crippen LogP contribution in [0.25, 0.3) is 76.4 Å². The third-order valence-electron chi connectivity index (χ3n) is 12.0. The Hall–Kier alpha value is -6.91. The van der Waals surface area contributed by atoms with Gasteiger partial charge < -0.3 is 25.9 Å². The Bertz CT molecular complexity index is 3580. The van der Waals surface area contributed by atoms with Crippen molar-refractivity contribution in [3.05, 3.63) is 186 Å². The second-order valence-corrected chi connectivity index (χ2v) is 17.4. The van der Waals surface area contributed by atoms with Crippen molar-refractivity contribution in [1.82, 2.24) is 0 Å². The second-order valence-electron chi connectivity index (χ2n) is 16.4. The molecule has 0 fully saturated rings. The molecule has 0 amide bonds. The van der Waals surface area contributed by atoms with Crippen LogP contribution in [0.1, 0.15) is 40.4 Å². The molecule has 0 aliphatic rings. The molecule has 6 aromatic carbocycles. The number of carbonyl (C=O) groups excluding carboxylic acids is 1. The second kappa shape index (κ2) is 18.7. The number of hydrogen-bond acceptors (Lipinski definition) is 6. The number of hydrogen-bond donors (Lipinski definition) is 0. The Morgan fingerprint density at radius 1 is 0.538 bits per heavy atom. The van der Waals surface area contributed by atoms with E-state index in [0.717, 1.165) is 23.8 Å². The number of methoxy groups -OCH3 is 1. The smallest absolute Gasteiger partial charge is 0.318 e. The van der Waals surface area contributed by atoms with E-state index in [2.05, 4.69) is 201 Å². The summed E-state index contributed by atoms with van der Waals surface area (Å²) in [6, 6.07) is 48.4. The first kappa shape index (κ1) is 46.1. The lowest BCUT2D eigenvalue weighted by atomic mass is 9.96. The molecule has 65 heavy (non-hydrogen) atoms. The van der Waals surface area contributed by atoms with E-state index in [9.17, 15) is 17.8 Å². The summed E-state index contributed by atoms with van der Waals surface area (Å²) in [7, 11) is -3.08. The van der Waals surface area contributed by atoms with Crippen molar-refractivity contribution in [3.8, 4) is 28.0 Å². The van der Waals surface area contributed by atoms with Crippen molar-refractivity contribution in [3.63, 3.8) is 0 Å². The lowest BCUT2D eigenvalue weighted by Crippen LogP contribution is -3.00. The molecule has 0 atom stereocenters. The van der Waals surface area contributed by atoms with E-state index < -0.39 is 16.4 Å². The molecule has 0 saturated heterocycles. The molecule has 10 aromatic rings. The molecule has 0 bridgehead atoms. The summed E-state index contributed by atoms with van der Waals surface area (Å²) in [5.74, 6) is -0.225. The van der Waals surface area contributed by atoms with Gasteiger partial charge in [0.1, 0.15) is 5.75 Å². The zero-order valence-electron chi connectivity index (χ0n) is 37.6. The van der Waals surface area contributed by atoms with Gasteiger partial charge in [-0.1, -0.05) is 78.9 Å². The number of pyridine rings is 4. The molecule has 328 valence electrons.